The molecule has 0 saturated heterocycles. The number of carboxylic acid groups (broad SMARTS) is 2. The van der Waals surface area contributed by atoms with Crippen LogP contribution in [-0.4, -0.2) is 64.0 Å². The van der Waals surface area contributed by atoms with Crippen molar-refractivity contribution in [1.29, 1.82) is 0 Å². The normalized spacial score (nSPS) is 15.2. The zero-order valence-electron chi connectivity index (χ0n) is 15.8. The lowest BCUT2D eigenvalue weighted by molar-refractivity contribution is -0.147. The second kappa shape index (κ2) is 11.1. The van der Waals surface area contributed by atoms with E-state index >= 15 is 0 Å². The topological polar surface area (TPSA) is 188 Å². The molecule has 154 valence electrons. The van der Waals surface area contributed by atoms with Gasteiger partial charge in [-0.15, -0.1) is 0 Å². The minimum atomic E-state index is -1.63. The highest BCUT2D eigenvalue weighted by Crippen LogP contribution is 2.07. The standard InChI is InChI=1S/C16H28N4O7/c1-7(2)5-10(15(25)20-11(16(26)27)6-12(21)22)19-14(24)9(4)18-13(23)8(3)17/h7-11H,5-6,17H2,1-4H3,(H,18,23)(H,19,24)(H,20,25)(H,21,22)(H,26,27). The van der Waals surface area contributed by atoms with E-state index in [-0.39, 0.29) is 12.3 Å². The molecule has 0 bridgehead atoms. The summed E-state index contributed by atoms with van der Waals surface area (Å²) in [5, 5.41) is 24.7. The van der Waals surface area contributed by atoms with Gasteiger partial charge in [0.25, 0.3) is 0 Å². The molecule has 0 heterocycles. The van der Waals surface area contributed by atoms with Crippen molar-refractivity contribution in [2.24, 2.45) is 11.7 Å². The summed E-state index contributed by atoms with van der Waals surface area (Å²) in [5.41, 5.74) is 5.41. The first-order chi connectivity index (χ1) is 12.3. The summed E-state index contributed by atoms with van der Waals surface area (Å²) in [7, 11) is 0. The van der Waals surface area contributed by atoms with Crippen molar-refractivity contribution >= 4 is 29.7 Å². The molecule has 0 aromatic heterocycles. The number of carbonyl (C=O) groups is 5. The van der Waals surface area contributed by atoms with Crippen LogP contribution in [0.2, 0.25) is 0 Å². The Morgan fingerprint density at radius 3 is 1.74 bits per heavy atom. The predicted molar refractivity (Wildman–Crippen MR) is 94.5 cm³/mol. The van der Waals surface area contributed by atoms with Crippen LogP contribution in [0.5, 0.6) is 0 Å². The number of rotatable bonds is 11. The molecule has 11 nitrogen and oxygen atoms in total. The van der Waals surface area contributed by atoms with Crippen LogP contribution in [0, 0.1) is 5.92 Å². The van der Waals surface area contributed by atoms with Gasteiger partial charge in [0.1, 0.15) is 18.1 Å². The molecule has 0 aliphatic heterocycles. The van der Waals surface area contributed by atoms with Gasteiger partial charge in [-0.05, 0) is 26.2 Å². The molecule has 11 heteroatoms. The zero-order valence-corrected chi connectivity index (χ0v) is 15.8. The van der Waals surface area contributed by atoms with Gasteiger partial charge in [0.15, 0.2) is 0 Å². The van der Waals surface area contributed by atoms with E-state index in [2.05, 4.69) is 16.0 Å². The molecule has 0 aliphatic rings. The van der Waals surface area contributed by atoms with Gasteiger partial charge in [-0.2, -0.15) is 0 Å². The molecule has 4 atom stereocenters. The second-order valence-electron chi connectivity index (χ2n) is 6.71. The Hall–Kier alpha value is -2.69. The maximum absolute atomic E-state index is 12.4. The van der Waals surface area contributed by atoms with Crippen molar-refractivity contribution in [3.05, 3.63) is 0 Å². The van der Waals surface area contributed by atoms with Crippen molar-refractivity contribution in [3.63, 3.8) is 0 Å². The maximum Gasteiger partial charge on any atom is 0.326 e. The number of carbonyl (C=O) groups excluding carboxylic acids is 3. The summed E-state index contributed by atoms with van der Waals surface area (Å²) in [5.74, 6) is -4.95. The number of amides is 3. The van der Waals surface area contributed by atoms with Crippen LogP contribution in [0.25, 0.3) is 0 Å². The fourth-order valence-corrected chi connectivity index (χ4v) is 2.06. The minimum Gasteiger partial charge on any atom is -0.481 e. The number of nitrogens with two attached hydrogens (primary N) is 1. The van der Waals surface area contributed by atoms with E-state index in [1.807, 2.05) is 0 Å². The van der Waals surface area contributed by atoms with Gasteiger partial charge in [0.2, 0.25) is 17.7 Å². The lowest BCUT2D eigenvalue weighted by atomic mass is 10.0. The molecule has 4 unspecified atom stereocenters. The average Bonchev–Trinajstić information content (AvgIpc) is 2.51. The Bertz CT molecular complexity index is 577. The van der Waals surface area contributed by atoms with E-state index in [1.54, 1.807) is 13.8 Å². The first kappa shape index (κ1) is 24.3. The molecular weight excluding hydrogens is 360 g/mol. The summed E-state index contributed by atoms with van der Waals surface area (Å²) in [4.78, 5) is 58.0. The molecular formula is C16H28N4O7. The van der Waals surface area contributed by atoms with Crippen LogP contribution in [0.3, 0.4) is 0 Å². The third-order valence-electron chi connectivity index (χ3n) is 3.50. The van der Waals surface area contributed by atoms with Crippen LogP contribution in [0.4, 0.5) is 0 Å². The van der Waals surface area contributed by atoms with Crippen molar-refractivity contribution in [2.75, 3.05) is 0 Å². The van der Waals surface area contributed by atoms with E-state index in [9.17, 15) is 24.0 Å². The highest BCUT2D eigenvalue weighted by Gasteiger charge is 2.30. The highest BCUT2D eigenvalue weighted by atomic mass is 16.4. The molecule has 0 rings (SSSR count). The Morgan fingerprint density at radius 2 is 1.33 bits per heavy atom. The Labute approximate surface area is 157 Å². The van der Waals surface area contributed by atoms with Crippen molar-refractivity contribution in [2.45, 2.75) is 64.7 Å². The van der Waals surface area contributed by atoms with E-state index in [0.29, 0.717) is 0 Å². The Kier molecular flexibility index (Phi) is 10.0. The fraction of sp³-hybridized carbons (Fsp3) is 0.688. The highest BCUT2D eigenvalue weighted by molar-refractivity contribution is 5.94. The maximum atomic E-state index is 12.4. The first-order valence-corrected chi connectivity index (χ1v) is 8.46. The average molecular weight is 388 g/mol. The number of hydrogen-bond acceptors (Lipinski definition) is 6. The van der Waals surface area contributed by atoms with Crippen LogP contribution >= 0.6 is 0 Å². The molecule has 7 N–H and O–H groups in total. The van der Waals surface area contributed by atoms with E-state index in [1.165, 1.54) is 13.8 Å². The molecule has 3 amide bonds. The monoisotopic (exact) mass is 388 g/mol. The first-order valence-electron chi connectivity index (χ1n) is 8.46. The second-order valence-corrected chi connectivity index (χ2v) is 6.71. The van der Waals surface area contributed by atoms with Crippen LogP contribution in [0.15, 0.2) is 0 Å². The van der Waals surface area contributed by atoms with E-state index in [4.69, 9.17) is 15.9 Å². The molecule has 0 saturated carbocycles. The minimum absolute atomic E-state index is 0.0298. The van der Waals surface area contributed by atoms with Gasteiger partial charge in [-0.25, -0.2) is 4.79 Å². The zero-order chi connectivity index (χ0) is 21.3. The fourth-order valence-electron chi connectivity index (χ4n) is 2.06. The quantitative estimate of drug-likeness (QED) is 0.244. The summed E-state index contributed by atoms with van der Waals surface area (Å²) < 4.78 is 0. The number of carboxylic acids is 2. The van der Waals surface area contributed by atoms with Gasteiger partial charge in [-0.3, -0.25) is 19.2 Å². The SMILES string of the molecule is CC(C)CC(NC(=O)C(C)NC(=O)C(C)N)C(=O)NC(CC(=O)O)C(=O)O. The Morgan fingerprint density at radius 1 is 0.815 bits per heavy atom. The third-order valence-corrected chi connectivity index (χ3v) is 3.50. The summed E-state index contributed by atoms with van der Waals surface area (Å²) in [6.45, 7) is 6.44. The number of nitrogens with one attached hydrogen (secondary N) is 3. The van der Waals surface area contributed by atoms with Crippen LogP contribution in [-0.2, 0) is 24.0 Å². The van der Waals surface area contributed by atoms with Gasteiger partial charge < -0.3 is 31.9 Å². The predicted octanol–water partition coefficient (Wildman–Crippen LogP) is -1.59. The smallest absolute Gasteiger partial charge is 0.326 e. The third kappa shape index (κ3) is 9.54. The summed E-state index contributed by atoms with van der Waals surface area (Å²) in [6, 6.07) is -4.51. The van der Waals surface area contributed by atoms with Crippen molar-refractivity contribution in [3.8, 4) is 0 Å². The van der Waals surface area contributed by atoms with Crippen molar-refractivity contribution < 1.29 is 34.2 Å². The number of hydrogen-bond donors (Lipinski definition) is 6. The molecule has 27 heavy (non-hydrogen) atoms. The van der Waals surface area contributed by atoms with Crippen LogP contribution in [0.1, 0.15) is 40.5 Å². The van der Waals surface area contributed by atoms with Gasteiger partial charge in [-0.1, -0.05) is 13.8 Å². The molecule has 0 radical (unpaired) electrons. The van der Waals surface area contributed by atoms with Gasteiger partial charge in [0.05, 0.1) is 12.5 Å². The molecule has 0 spiro atoms. The summed E-state index contributed by atoms with van der Waals surface area (Å²) >= 11 is 0. The molecule has 0 aliphatic carbocycles. The molecule has 0 aromatic rings. The molecule has 0 fully saturated rings. The lowest BCUT2D eigenvalue weighted by Gasteiger charge is -2.24. The van der Waals surface area contributed by atoms with Gasteiger partial charge in [0, 0.05) is 0 Å². The largest absolute Gasteiger partial charge is 0.481 e. The van der Waals surface area contributed by atoms with Crippen LogP contribution < -0.4 is 21.7 Å². The molecule has 0 aromatic carbocycles. The summed E-state index contributed by atoms with van der Waals surface area (Å²) in [6.07, 6.45) is -0.616. The van der Waals surface area contributed by atoms with E-state index < -0.39 is 60.2 Å². The lowest BCUT2D eigenvalue weighted by Crippen LogP contribution is -2.56. The van der Waals surface area contributed by atoms with Gasteiger partial charge >= 0.3 is 11.9 Å². The van der Waals surface area contributed by atoms with E-state index in [0.717, 1.165) is 0 Å². The van der Waals surface area contributed by atoms with Crippen molar-refractivity contribution in [1.82, 2.24) is 16.0 Å². The number of aliphatic carboxylic acids is 2. The Balaban J connectivity index is 5.11.